The van der Waals surface area contributed by atoms with Gasteiger partial charge in [-0.25, -0.2) is 4.79 Å². The van der Waals surface area contributed by atoms with Crippen LogP contribution in [0.1, 0.15) is 54.7 Å². The van der Waals surface area contributed by atoms with Crippen LogP contribution in [-0.4, -0.2) is 23.4 Å². The zero-order valence-corrected chi connectivity index (χ0v) is 17.6. The van der Waals surface area contributed by atoms with E-state index in [9.17, 15) is 9.90 Å². The van der Waals surface area contributed by atoms with Crippen LogP contribution in [-0.2, 0) is 27.1 Å². The van der Waals surface area contributed by atoms with Gasteiger partial charge < -0.3 is 9.84 Å². The molecule has 0 spiro atoms. The van der Waals surface area contributed by atoms with Gasteiger partial charge in [-0.15, -0.1) is 0 Å². The molecule has 0 aromatic heterocycles. The van der Waals surface area contributed by atoms with Crippen LogP contribution in [0.5, 0.6) is 0 Å². The molecular formula is C24H28O3S. The van der Waals surface area contributed by atoms with E-state index < -0.39 is 6.10 Å². The molecule has 1 aliphatic rings. The minimum absolute atomic E-state index is 0.119. The summed E-state index contributed by atoms with van der Waals surface area (Å²) in [6, 6.07) is 14.2. The molecular weight excluding hydrogens is 368 g/mol. The van der Waals surface area contributed by atoms with Crippen molar-refractivity contribution in [1.29, 1.82) is 0 Å². The van der Waals surface area contributed by atoms with Gasteiger partial charge in [0.05, 0.1) is 12.7 Å². The zero-order chi connectivity index (χ0) is 20.1. The van der Waals surface area contributed by atoms with Crippen molar-refractivity contribution in [2.45, 2.75) is 44.5 Å². The number of esters is 1. The monoisotopic (exact) mass is 396 g/mol. The molecule has 1 atom stereocenters. The highest BCUT2D eigenvalue weighted by molar-refractivity contribution is 7.98. The molecule has 0 bridgehead atoms. The van der Waals surface area contributed by atoms with E-state index in [0.29, 0.717) is 13.0 Å². The number of aliphatic hydroxyl groups excluding tert-OH is 1. The minimum atomic E-state index is -0.590. The van der Waals surface area contributed by atoms with Gasteiger partial charge in [0.2, 0.25) is 0 Å². The lowest BCUT2D eigenvalue weighted by atomic mass is 9.81. The maximum Gasteiger partial charge on any atom is 0.330 e. The topological polar surface area (TPSA) is 46.5 Å². The third-order valence-electron chi connectivity index (χ3n) is 5.12. The molecule has 0 aliphatic carbocycles. The molecule has 4 heteroatoms. The van der Waals surface area contributed by atoms with Crippen molar-refractivity contribution < 1.29 is 14.6 Å². The van der Waals surface area contributed by atoms with Crippen molar-refractivity contribution in [3.8, 4) is 0 Å². The molecule has 148 valence electrons. The van der Waals surface area contributed by atoms with Crippen molar-refractivity contribution in [1.82, 2.24) is 0 Å². The normalized spacial score (nSPS) is 16.6. The number of hydrogen-bond donors (Lipinski definition) is 1. The van der Waals surface area contributed by atoms with E-state index in [0.717, 1.165) is 28.2 Å². The van der Waals surface area contributed by atoms with Gasteiger partial charge >= 0.3 is 5.97 Å². The van der Waals surface area contributed by atoms with E-state index >= 15 is 0 Å². The summed E-state index contributed by atoms with van der Waals surface area (Å²) in [7, 11) is 0. The van der Waals surface area contributed by atoms with Crippen LogP contribution < -0.4 is 0 Å². The second kappa shape index (κ2) is 8.97. The highest BCUT2D eigenvalue weighted by atomic mass is 32.2. The average molecular weight is 397 g/mol. The SMILES string of the molecule is CCOC(=O)/C=C/c1ccccc1CC(O)c1ccc2c(c1)C(C)(C)CSC2. The third-order valence-corrected chi connectivity index (χ3v) is 6.56. The minimum Gasteiger partial charge on any atom is -0.463 e. The Morgan fingerprint density at radius 1 is 1.29 bits per heavy atom. The Kier molecular flexibility index (Phi) is 6.63. The van der Waals surface area contributed by atoms with Gasteiger partial charge in [-0.05, 0) is 46.2 Å². The average Bonchev–Trinajstić information content (AvgIpc) is 2.67. The Morgan fingerprint density at radius 3 is 2.86 bits per heavy atom. The van der Waals surface area contributed by atoms with Crippen LogP contribution in [0.2, 0.25) is 0 Å². The number of hydrogen-bond acceptors (Lipinski definition) is 4. The molecule has 0 saturated carbocycles. The summed E-state index contributed by atoms with van der Waals surface area (Å²) in [6.45, 7) is 6.68. The molecule has 28 heavy (non-hydrogen) atoms. The lowest BCUT2D eigenvalue weighted by Gasteiger charge is -2.33. The van der Waals surface area contributed by atoms with Gasteiger partial charge in [0.25, 0.3) is 0 Å². The van der Waals surface area contributed by atoms with Crippen molar-refractivity contribution in [2.75, 3.05) is 12.4 Å². The number of aliphatic hydroxyl groups is 1. The van der Waals surface area contributed by atoms with Crippen molar-refractivity contribution in [2.24, 2.45) is 0 Å². The van der Waals surface area contributed by atoms with Gasteiger partial charge in [0.1, 0.15) is 0 Å². The highest BCUT2D eigenvalue weighted by Gasteiger charge is 2.28. The summed E-state index contributed by atoms with van der Waals surface area (Å²) < 4.78 is 4.95. The Hall–Kier alpha value is -2.04. The standard InChI is InChI=1S/C24H28O3S/c1-4-27-23(26)12-11-17-7-5-6-8-18(17)14-22(25)19-9-10-20-15-28-16-24(2,3)21(20)13-19/h5-13,22,25H,4,14-16H2,1-3H3/b12-11+. The summed E-state index contributed by atoms with van der Waals surface area (Å²) in [5.41, 5.74) is 5.71. The molecule has 1 aliphatic heterocycles. The number of ether oxygens (including phenoxy) is 1. The number of benzene rings is 2. The number of thioether (sulfide) groups is 1. The third kappa shape index (κ3) is 4.86. The van der Waals surface area contributed by atoms with Crippen LogP contribution in [0, 0.1) is 0 Å². The van der Waals surface area contributed by atoms with Gasteiger partial charge in [-0.3, -0.25) is 0 Å². The largest absolute Gasteiger partial charge is 0.463 e. The molecule has 0 saturated heterocycles. The first-order valence-electron chi connectivity index (χ1n) is 9.72. The predicted molar refractivity (Wildman–Crippen MR) is 116 cm³/mol. The number of carbonyl (C=O) groups is 1. The second-order valence-corrected chi connectivity index (χ2v) is 8.78. The summed E-state index contributed by atoms with van der Waals surface area (Å²) in [5.74, 6) is 1.78. The van der Waals surface area contributed by atoms with Gasteiger partial charge in [-0.2, -0.15) is 11.8 Å². The number of carbonyl (C=O) groups excluding carboxylic acids is 1. The predicted octanol–water partition coefficient (Wildman–Crippen LogP) is 5.06. The molecule has 1 heterocycles. The van der Waals surface area contributed by atoms with Crippen LogP contribution in [0.25, 0.3) is 6.08 Å². The first kappa shape index (κ1) is 20.7. The summed E-state index contributed by atoms with van der Waals surface area (Å²) in [6.07, 6.45) is 3.10. The Bertz CT molecular complexity index is 870. The molecule has 0 amide bonds. The first-order valence-corrected chi connectivity index (χ1v) is 10.9. The van der Waals surface area contributed by atoms with Crippen LogP contribution in [0.3, 0.4) is 0 Å². The molecule has 2 aromatic rings. The zero-order valence-electron chi connectivity index (χ0n) is 16.8. The van der Waals surface area contributed by atoms with E-state index in [1.165, 1.54) is 17.2 Å². The molecule has 1 N–H and O–H groups in total. The van der Waals surface area contributed by atoms with Gasteiger partial charge in [0, 0.05) is 24.0 Å². The van der Waals surface area contributed by atoms with E-state index in [1.54, 1.807) is 13.0 Å². The molecule has 0 radical (unpaired) electrons. The van der Waals surface area contributed by atoms with Crippen LogP contribution >= 0.6 is 11.8 Å². The highest BCUT2D eigenvalue weighted by Crippen LogP contribution is 2.39. The van der Waals surface area contributed by atoms with E-state index in [4.69, 9.17) is 4.74 Å². The summed E-state index contributed by atoms with van der Waals surface area (Å²) >= 11 is 1.97. The fourth-order valence-electron chi connectivity index (χ4n) is 3.61. The van der Waals surface area contributed by atoms with Crippen molar-refractivity contribution in [3.05, 3.63) is 76.4 Å². The maximum atomic E-state index is 11.6. The molecule has 2 aromatic carbocycles. The number of rotatable bonds is 6. The van der Waals surface area contributed by atoms with E-state index in [1.807, 2.05) is 42.1 Å². The molecule has 0 fully saturated rings. The maximum absolute atomic E-state index is 11.6. The summed E-state index contributed by atoms with van der Waals surface area (Å²) in [5, 5.41) is 10.9. The quantitative estimate of drug-likeness (QED) is 0.547. The molecule has 3 rings (SSSR count). The Balaban J connectivity index is 1.81. The van der Waals surface area contributed by atoms with E-state index in [2.05, 4.69) is 26.0 Å². The second-order valence-electron chi connectivity index (χ2n) is 7.80. The molecule has 3 nitrogen and oxygen atoms in total. The lowest BCUT2D eigenvalue weighted by molar-refractivity contribution is -0.137. The smallest absolute Gasteiger partial charge is 0.330 e. The Labute approximate surface area is 171 Å². The first-order chi connectivity index (χ1) is 13.4. The van der Waals surface area contributed by atoms with Crippen molar-refractivity contribution in [3.63, 3.8) is 0 Å². The Morgan fingerprint density at radius 2 is 2.07 bits per heavy atom. The number of fused-ring (bicyclic) bond motifs is 1. The summed E-state index contributed by atoms with van der Waals surface area (Å²) in [4.78, 5) is 11.6. The van der Waals surface area contributed by atoms with Crippen LogP contribution in [0.15, 0.2) is 48.5 Å². The molecule has 1 unspecified atom stereocenters. The lowest BCUT2D eigenvalue weighted by Crippen LogP contribution is -2.26. The van der Waals surface area contributed by atoms with Gasteiger partial charge in [0.15, 0.2) is 0 Å². The van der Waals surface area contributed by atoms with E-state index in [-0.39, 0.29) is 11.4 Å². The van der Waals surface area contributed by atoms with Gasteiger partial charge in [-0.1, -0.05) is 56.3 Å². The fourth-order valence-corrected chi connectivity index (χ4v) is 4.85. The van der Waals surface area contributed by atoms with Crippen molar-refractivity contribution >= 4 is 23.8 Å². The van der Waals surface area contributed by atoms with Crippen LogP contribution in [0.4, 0.5) is 0 Å². The fraction of sp³-hybridized carbons (Fsp3) is 0.375.